The normalized spacial score (nSPS) is 27.6. The first-order valence-corrected chi connectivity index (χ1v) is 15.8. The zero-order valence-corrected chi connectivity index (χ0v) is 26.3. The van der Waals surface area contributed by atoms with Crippen LogP contribution in [0.15, 0.2) is 115 Å². The highest BCUT2D eigenvalue weighted by Crippen LogP contribution is 2.53. The van der Waals surface area contributed by atoms with Crippen molar-refractivity contribution in [1.29, 1.82) is 0 Å². The molecule has 2 fully saturated rings. The first kappa shape index (κ1) is 31.6. The van der Waals surface area contributed by atoms with E-state index in [1.54, 1.807) is 6.92 Å². The number of carbonyl (C=O) groups excluding carboxylic acids is 1. The highest BCUT2D eigenvalue weighted by Gasteiger charge is 2.63. The number of hydrogen-bond donors (Lipinski definition) is 0. The van der Waals surface area contributed by atoms with Crippen molar-refractivity contribution in [3.05, 3.63) is 143 Å². The Labute approximate surface area is 270 Å². The lowest BCUT2D eigenvalue weighted by Gasteiger charge is -2.44. The molecule has 0 saturated carbocycles. The standard InChI is InChI=1S/C38H39ClO6/c1-26(40)34-33-36(43-24-29-16-10-5-11-17-29)35(42-23-28-14-8-4-9-15-28)32(25-41-22-27-12-6-3-7-13-27)44-37(33)45-38(34,2)30-18-20-31(39)21-19-30/h3-21,32-37H,22-25H2,1-2H3/t32-,33?,34+,35-,36-,37?,38-/m1/s1. The molecule has 0 bridgehead atoms. The SMILES string of the molecule is CC(=O)[C@H]1C2C(O[C@H](COCc3ccccc3)[C@@H](OCc3ccccc3)[C@@H]2OCc2ccccc2)O[C@]1(C)c1ccc(Cl)cc1. The number of rotatable bonds is 12. The van der Waals surface area contributed by atoms with Crippen LogP contribution >= 0.6 is 11.6 Å². The van der Waals surface area contributed by atoms with E-state index in [4.69, 9.17) is 35.3 Å². The molecule has 0 aromatic heterocycles. The minimum absolute atomic E-state index is 0.00236. The summed E-state index contributed by atoms with van der Waals surface area (Å²) < 4.78 is 33.2. The number of benzene rings is 4. The molecule has 2 aliphatic heterocycles. The van der Waals surface area contributed by atoms with Crippen LogP contribution < -0.4 is 0 Å². The molecule has 0 aliphatic carbocycles. The lowest BCUT2D eigenvalue weighted by atomic mass is 9.71. The molecule has 6 rings (SSSR count). The van der Waals surface area contributed by atoms with Gasteiger partial charge in [-0.2, -0.15) is 0 Å². The van der Waals surface area contributed by atoms with Crippen LogP contribution in [0.2, 0.25) is 5.02 Å². The molecular weight excluding hydrogens is 588 g/mol. The van der Waals surface area contributed by atoms with Gasteiger partial charge in [0, 0.05) is 5.02 Å². The Morgan fingerprint density at radius 3 is 1.78 bits per heavy atom. The van der Waals surface area contributed by atoms with Crippen LogP contribution in [0.25, 0.3) is 0 Å². The van der Waals surface area contributed by atoms with E-state index < -0.39 is 42.0 Å². The Bertz CT molecular complexity index is 1520. The van der Waals surface area contributed by atoms with Crippen molar-refractivity contribution in [2.45, 2.75) is 63.9 Å². The van der Waals surface area contributed by atoms with Crippen molar-refractivity contribution >= 4 is 17.4 Å². The van der Waals surface area contributed by atoms with Crippen LogP contribution in [0.5, 0.6) is 0 Å². The van der Waals surface area contributed by atoms with Gasteiger partial charge in [0.1, 0.15) is 23.6 Å². The minimum Gasteiger partial charge on any atom is -0.374 e. The van der Waals surface area contributed by atoms with Gasteiger partial charge >= 0.3 is 0 Å². The number of halogens is 1. The Morgan fingerprint density at radius 1 is 0.733 bits per heavy atom. The molecule has 7 atom stereocenters. The van der Waals surface area contributed by atoms with E-state index in [1.165, 1.54) is 0 Å². The average Bonchev–Trinajstić information content (AvgIpc) is 3.37. The maximum atomic E-state index is 13.6. The summed E-state index contributed by atoms with van der Waals surface area (Å²) in [5.74, 6) is -0.992. The molecule has 0 N–H and O–H groups in total. The largest absolute Gasteiger partial charge is 0.374 e. The number of fused-ring (bicyclic) bond motifs is 1. The van der Waals surface area contributed by atoms with E-state index in [2.05, 4.69) is 0 Å². The molecule has 234 valence electrons. The maximum absolute atomic E-state index is 13.6. The molecule has 4 aromatic carbocycles. The van der Waals surface area contributed by atoms with Gasteiger partial charge in [0.2, 0.25) is 0 Å². The van der Waals surface area contributed by atoms with Crippen molar-refractivity contribution in [3.8, 4) is 0 Å². The molecular formula is C38H39ClO6. The van der Waals surface area contributed by atoms with E-state index in [0.717, 1.165) is 22.3 Å². The van der Waals surface area contributed by atoms with Crippen molar-refractivity contribution in [1.82, 2.24) is 0 Å². The van der Waals surface area contributed by atoms with Gasteiger partial charge in [-0.25, -0.2) is 0 Å². The second kappa shape index (κ2) is 14.4. The van der Waals surface area contributed by atoms with Gasteiger partial charge in [-0.1, -0.05) is 115 Å². The smallest absolute Gasteiger partial charge is 0.165 e. The van der Waals surface area contributed by atoms with Gasteiger partial charge in [-0.3, -0.25) is 4.79 Å². The van der Waals surface area contributed by atoms with Crippen molar-refractivity contribution in [2.75, 3.05) is 6.61 Å². The number of Topliss-reactive ketones (excluding diaryl/α,β-unsaturated/α-hetero) is 1. The van der Waals surface area contributed by atoms with Crippen molar-refractivity contribution in [2.24, 2.45) is 11.8 Å². The van der Waals surface area contributed by atoms with Crippen molar-refractivity contribution < 1.29 is 28.5 Å². The Hall–Kier alpha value is -3.36. The predicted octanol–water partition coefficient (Wildman–Crippen LogP) is 7.52. The fraction of sp³-hybridized carbons (Fsp3) is 0.342. The van der Waals surface area contributed by atoms with Gasteiger partial charge in [0.15, 0.2) is 6.29 Å². The van der Waals surface area contributed by atoms with E-state index in [-0.39, 0.29) is 12.4 Å². The monoisotopic (exact) mass is 626 g/mol. The Balaban J connectivity index is 1.35. The summed E-state index contributed by atoms with van der Waals surface area (Å²) in [7, 11) is 0. The maximum Gasteiger partial charge on any atom is 0.165 e. The molecule has 7 heteroatoms. The highest BCUT2D eigenvalue weighted by molar-refractivity contribution is 6.30. The van der Waals surface area contributed by atoms with E-state index in [0.29, 0.717) is 24.8 Å². The van der Waals surface area contributed by atoms with E-state index in [9.17, 15) is 4.79 Å². The molecule has 0 radical (unpaired) electrons. The van der Waals surface area contributed by atoms with Crippen molar-refractivity contribution in [3.63, 3.8) is 0 Å². The second-order valence-corrected chi connectivity index (χ2v) is 12.4. The fourth-order valence-corrected chi connectivity index (χ4v) is 6.82. The number of hydrogen-bond acceptors (Lipinski definition) is 6. The third-order valence-corrected chi connectivity index (χ3v) is 9.10. The summed E-state index contributed by atoms with van der Waals surface area (Å²) in [6.07, 6.45) is -2.30. The first-order chi connectivity index (χ1) is 21.9. The molecule has 2 saturated heterocycles. The Morgan fingerprint density at radius 2 is 1.24 bits per heavy atom. The number of ether oxygens (including phenoxy) is 5. The molecule has 0 spiro atoms. The van der Waals surface area contributed by atoms with Gasteiger partial charge in [0.25, 0.3) is 0 Å². The summed E-state index contributed by atoms with van der Waals surface area (Å²) in [6.45, 7) is 4.96. The van der Waals surface area contributed by atoms with Gasteiger partial charge in [0.05, 0.1) is 44.4 Å². The second-order valence-electron chi connectivity index (χ2n) is 12.0. The lowest BCUT2D eigenvalue weighted by molar-refractivity contribution is -0.293. The quantitative estimate of drug-likeness (QED) is 0.162. The summed E-state index contributed by atoms with van der Waals surface area (Å²) in [4.78, 5) is 13.6. The summed E-state index contributed by atoms with van der Waals surface area (Å²) in [6, 6.07) is 37.5. The van der Waals surface area contributed by atoms with Gasteiger partial charge in [-0.15, -0.1) is 0 Å². The van der Waals surface area contributed by atoms with E-state index >= 15 is 0 Å². The van der Waals surface area contributed by atoms with Crippen LogP contribution in [-0.2, 0) is 53.9 Å². The molecule has 2 heterocycles. The van der Waals surface area contributed by atoms with Crippen LogP contribution in [0.4, 0.5) is 0 Å². The summed E-state index contributed by atoms with van der Waals surface area (Å²) in [5, 5.41) is 0.613. The molecule has 4 aromatic rings. The third kappa shape index (κ3) is 7.23. The molecule has 45 heavy (non-hydrogen) atoms. The van der Waals surface area contributed by atoms with Crippen LogP contribution in [-0.4, -0.2) is 37.0 Å². The van der Waals surface area contributed by atoms with Gasteiger partial charge < -0.3 is 23.7 Å². The van der Waals surface area contributed by atoms with Crippen LogP contribution in [0.1, 0.15) is 36.1 Å². The average molecular weight is 627 g/mol. The molecule has 2 unspecified atom stereocenters. The lowest BCUT2D eigenvalue weighted by Crippen LogP contribution is -2.58. The topological polar surface area (TPSA) is 63.2 Å². The summed E-state index contributed by atoms with van der Waals surface area (Å²) >= 11 is 6.24. The Kier molecular flexibility index (Phi) is 10.1. The van der Waals surface area contributed by atoms with E-state index in [1.807, 2.05) is 122 Å². The third-order valence-electron chi connectivity index (χ3n) is 8.85. The predicted molar refractivity (Wildman–Crippen MR) is 172 cm³/mol. The summed E-state index contributed by atoms with van der Waals surface area (Å²) in [5.41, 5.74) is 3.00. The zero-order chi connectivity index (χ0) is 31.2. The number of ketones is 1. The molecule has 2 aliphatic rings. The number of carbonyl (C=O) groups is 1. The molecule has 6 nitrogen and oxygen atoms in total. The zero-order valence-electron chi connectivity index (χ0n) is 25.6. The first-order valence-electron chi connectivity index (χ1n) is 15.4. The fourth-order valence-electron chi connectivity index (χ4n) is 6.69. The highest BCUT2D eigenvalue weighted by atomic mass is 35.5. The van der Waals surface area contributed by atoms with Crippen LogP contribution in [0.3, 0.4) is 0 Å². The van der Waals surface area contributed by atoms with Crippen LogP contribution in [0, 0.1) is 11.8 Å². The molecule has 0 amide bonds. The minimum atomic E-state index is -0.968. The van der Waals surface area contributed by atoms with Gasteiger partial charge in [-0.05, 0) is 48.2 Å².